The third kappa shape index (κ3) is 5.23. The van der Waals surface area contributed by atoms with Crippen molar-refractivity contribution in [3.05, 3.63) is 69.3 Å². The molecule has 2 aromatic carbocycles. The second-order valence-electron chi connectivity index (χ2n) is 5.34. The lowest BCUT2D eigenvalue weighted by Crippen LogP contribution is -2.44. The molecule has 0 saturated carbocycles. The van der Waals surface area contributed by atoms with Crippen molar-refractivity contribution in [3.8, 4) is 0 Å². The Hall–Kier alpha value is -2.09. The Balaban J connectivity index is 1.99. The van der Waals surface area contributed by atoms with Crippen LogP contribution in [0.1, 0.15) is 11.1 Å². The SMILES string of the molecule is CN(C(=O)OCc1ccccc1)C(Cc1ccc(I)cc1)C(=O)O. The molecule has 0 saturated heterocycles. The summed E-state index contributed by atoms with van der Waals surface area (Å²) in [6, 6.07) is 15.8. The molecule has 6 heteroatoms. The number of amides is 1. The fraction of sp³-hybridized carbons (Fsp3) is 0.222. The van der Waals surface area contributed by atoms with Gasteiger partial charge in [0.05, 0.1) is 0 Å². The molecule has 0 aliphatic heterocycles. The molecule has 24 heavy (non-hydrogen) atoms. The number of hydrogen-bond donors (Lipinski definition) is 1. The van der Waals surface area contributed by atoms with Gasteiger partial charge in [-0.2, -0.15) is 0 Å². The molecule has 126 valence electrons. The molecule has 0 aromatic heterocycles. The largest absolute Gasteiger partial charge is 0.480 e. The van der Waals surface area contributed by atoms with Gasteiger partial charge in [0.15, 0.2) is 0 Å². The van der Waals surface area contributed by atoms with Crippen LogP contribution < -0.4 is 0 Å². The van der Waals surface area contributed by atoms with Crippen LogP contribution in [0.2, 0.25) is 0 Å². The topological polar surface area (TPSA) is 66.8 Å². The number of carbonyl (C=O) groups excluding carboxylic acids is 1. The number of benzene rings is 2. The minimum atomic E-state index is -1.06. The van der Waals surface area contributed by atoms with Gasteiger partial charge in [0.2, 0.25) is 0 Å². The minimum Gasteiger partial charge on any atom is -0.480 e. The van der Waals surface area contributed by atoms with Crippen LogP contribution in [0.3, 0.4) is 0 Å². The predicted molar refractivity (Wildman–Crippen MR) is 98.7 cm³/mol. The second kappa shape index (κ2) is 8.68. The van der Waals surface area contributed by atoms with E-state index in [9.17, 15) is 14.7 Å². The zero-order valence-electron chi connectivity index (χ0n) is 13.2. The summed E-state index contributed by atoms with van der Waals surface area (Å²) in [5.74, 6) is -1.06. The number of aliphatic carboxylic acids is 1. The molecular weight excluding hydrogens is 421 g/mol. The van der Waals surface area contributed by atoms with E-state index < -0.39 is 18.1 Å². The predicted octanol–water partition coefficient (Wildman–Crippen LogP) is 3.56. The van der Waals surface area contributed by atoms with E-state index in [1.54, 1.807) is 0 Å². The standard InChI is InChI=1S/C18H18INO4/c1-20(18(23)24-12-14-5-3-2-4-6-14)16(17(21)22)11-13-7-9-15(19)10-8-13/h2-10,16H,11-12H2,1H3,(H,21,22). The quantitative estimate of drug-likeness (QED) is 0.700. The molecule has 1 unspecified atom stereocenters. The van der Waals surface area contributed by atoms with Crippen molar-refractivity contribution in [3.63, 3.8) is 0 Å². The van der Waals surface area contributed by atoms with Gasteiger partial charge in [0.1, 0.15) is 12.6 Å². The van der Waals surface area contributed by atoms with Crippen LogP contribution in [0.5, 0.6) is 0 Å². The molecule has 0 aliphatic rings. The van der Waals surface area contributed by atoms with E-state index in [4.69, 9.17) is 4.74 Å². The number of carbonyl (C=O) groups is 2. The zero-order chi connectivity index (χ0) is 17.5. The van der Waals surface area contributed by atoms with Crippen molar-refractivity contribution < 1.29 is 19.4 Å². The number of nitrogens with zero attached hydrogens (tertiary/aromatic N) is 1. The Labute approximate surface area is 154 Å². The average molecular weight is 439 g/mol. The van der Waals surface area contributed by atoms with Gasteiger partial charge in [-0.15, -0.1) is 0 Å². The normalized spacial score (nSPS) is 11.6. The van der Waals surface area contributed by atoms with Crippen molar-refractivity contribution in [1.29, 1.82) is 0 Å². The van der Waals surface area contributed by atoms with Crippen LogP contribution in [-0.2, 0) is 22.6 Å². The molecule has 0 spiro atoms. The number of carboxylic acid groups (broad SMARTS) is 1. The molecule has 2 aromatic rings. The van der Waals surface area contributed by atoms with Crippen LogP contribution in [0.25, 0.3) is 0 Å². The third-order valence-corrected chi connectivity index (χ3v) is 4.31. The van der Waals surface area contributed by atoms with E-state index in [0.717, 1.165) is 19.6 Å². The van der Waals surface area contributed by atoms with Crippen LogP contribution in [0, 0.1) is 3.57 Å². The Morgan fingerprint density at radius 1 is 1.08 bits per heavy atom. The molecule has 0 radical (unpaired) electrons. The monoisotopic (exact) mass is 439 g/mol. The molecule has 1 amide bonds. The fourth-order valence-electron chi connectivity index (χ4n) is 2.18. The van der Waals surface area contributed by atoms with E-state index in [0.29, 0.717) is 0 Å². The van der Waals surface area contributed by atoms with Gasteiger partial charge in [-0.25, -0.2) is 9.59 Å². The molecular formula is C18H18INO4. The maximum atomic E-state index is 12.1. The number of likely N-dealkylation sites (N-methyl/N-ethyl adjacent to an activating group) is 1. The Kier molecular flexibility index (Phi) is 6.60. The summed E-state index contributed by atoms with van der Waals surface area (Å²) in [4.78, 5) is 24.8. The van der Waals surface area contributed by atoms with Crippen LogP contribution in [-0.4, -0.2) is 35.2 Å². The number of carboxylic acids is 1. The first-order valence-electron chi connectivity index (χ1n) is 7.38. The molecule has 0 fully saturated rings. The van der Waals surface area contributed by atoms with Gasteiger partial charge in [-0.1, -0.05) is 42.5 Å². The highest BCUT2D eigenvalue weighted by Crippen LogP contribution is 2.13. The summed E-state index contributed by atoms with van der Waals surface area (Å²) in [5, 5.41) is 9.44. The Bertz CT molecular complexity index is 688. The highest BCUT2D eigenvalue weighted by atomic mass is 127. The maximum Gasteiger partial charge on any atom is 0.410 e. The molecule has 5 nitrogen and oxygen atoms in total. The zero-order valence-corrected chi connectivity index (χ0v) is 15.3. The number of ether oxygens (including phenoxy) is 1. The minimum absolute atomic E-state index is 0.111. The van der Waals surface area contributed by atoms with Crippen molar-refractivity contribution in [1.82, 2.24) is 4.90 Å². The summed E-state index contributed by atoms with van der Waals surface area (Å²) in [6.07, 6.45) is -0.430. The summed E-state index contributed by atoms with van der Waals surface area (Å²) in [5.41, 5.74) is 1.70. The van der Waals surface area contributed by atoms with Crippen LogP contribution >= 0.6 is 22.6 Å². The Morgan fingerprint density at radius 2 is 1.71 bits per heavy atom. The van der Waals surface area contributed by atoms with E-state index >= 15 is 0 Å². The Morgan fingerprint density at radius 3 is 2.29 bits per heavy atom. The van der Waals surface area contributed by atoms with E-state index in [2.05, 4.69) is 22.6 Å². The van der Waals surface area contributed by atoms with Gasteiger partial charge >= 0.3 is 12.1 Å². The van der Waals surface area contributed by atoms with Gasteiger partial charge in [-0.3, -0.25) is 4.90 Å². The van der Waals surface area contributed by atoms with Gasteiger partial charge in [0, 0.05) is 17.0 Å². The lowest BCUT2D eigenvalue weighted by atomic mass is 10.1. The van der Waals surface area contributed by atoms with Gasteiger partial charge in [0.25, 0.3) is 0 Å². The van der Waals surface area contributed by atoms with Crippen molar-refractivity contribution in [2.24, 2.45) is 0 Å². The first kappa shape index (κ1) is 18.3. The first-order chi connectivity index (χ1) is 11.5. The molecule has 0 aliphatic carbocycles. The number of halogens is 1. The van der Waals surface area contributed by atoms with Crippen molar-refractivity contribution in [2.75, 3.05) is 7.05 Å². The van der Waals surface area contributed by atoms with Gasteiger partial charge < -0.3 is 9.84 Å². The third-order valence-electron chi connectivity index (χ3n) is 3.59. The van der Waals surface area contributed by atoms with E-state index in [1.807, 2.05) is 54.6 Å². The second-order valence-corrected chi connectivity index (χ2v) is 6.58. The first-order valence-corrected chi connectivity index (χ1v) is 8.46. The maximum absolute atomic E-state index is 12.1. The fourth-order valence-corrected chi connectivity index (χ4v) is 2.54. The summed E-state index contributed by atoms with van der Waals surface area (Å²) in [6.45, 7) is 0.111. The molecule has 1 atom stereocenters. The molecule has 1 N–H and O–H groups in total. The van der Waals surface area contributed by atoms with Gasteiger partial charge in [-0.05, 0) is 45.9 Å². The van der Waals surface area contributed by atoms with Crippen molar-refractivity contribution >= 4 is 34.7 Å². The van der Waals surface area contributed by atoms with E-state index in [-0.39, 0.29) is 13.0 Å². The van der Waals surface area contributed by atoms with Crippen molar-refractivity contribution in [2.45, 2.75) is 19.1 Å². The number of rotatable bonds is 6. The summed E-state index contributed by atoms with van der Waals surface area (Å²) < 4.78 is 6.27. The highest BCUT2D eigenvalue weighted by Gasteiger charge is 2.27. The lowest BCUT2D eigenvalue weighted by Gasteiger charge is -2.24. The summed E-state index contributed by atoms with van der Waals surface area (Å²) in [7, 11) is 1.44. The molecule has 0 bridgehead atoms. The molecule has 0 heterocycles. The molecule has 2 rings (SSSR count). The van der Waals surface area contributed by atoms with E-state index in [1.165, 1.54) is 7.05 Å². The highest BCUT2D eigenvalue weighted by molar-refractivity contribution is 14.1. The smallest absolute Gasteiger partial charge is 0.410 e. The van der Waals surface area contributed by atoms with Crippen LogP contribution in [0.4, 0.5) is 4.79 Å². The average Bonchev–Trinajstić information content (AvgIpc) is 2.59. The lowest BCUT2D eigenvalue weighted by molar-refractivity contribution is -0.142. The van der Waals surface area contributed by atoms with Crippen LogP contribution in [0.15, 0.2) is 54.6 Å². The summed E-state index contributed by atoms with van der Waals surface area (Å²) >= 11 is 2.18. The number of hydrogen-bond acceptors (Lipinski definition) is 3.